The van der Waals surface area contributed by atoms with E-state index in [9.17, 15) is 0 Å². The minimum atomic E-state index is 0. The third-order valence-corrected chi connectivity index (χ3v) is 5.78. The molecule has 10 N–H and O–H groups in total. The summed E-state index contributed by atoms with van der Waals surface area (Å²) in [5.74, 6) is 0. The van der Waals surface area contributed by atoms with Crippen LogP contribution in [0.15, 0.2) is 48.5 Å². The summed E-state index contributed by atoms with van der Waals surface area (Å²) >= 11 is 0. The van der Waals surface area contributed by atoms with Gasteiger partial charge in [-0.3, -0.25) is 0 Å². The van der Waals surface area contributed by atoms with Crippen LogP contribution in [0.3, 0.4) is 0 Å². The van der Waals surface area contributed by atoms with Crippen LogP contribution in [0.1, 0.15) is 36.8 Å². The van der Waals surface area contributed by atoms with Gasteiger partial charge in [-0.1, -0.05) is 48.5 Å². The van der Waals surface area contributed by atoms with Gasteiger partial charge in [0.2, 0.25) is 0 Å². The Morgan fingerprint density at radius 1 is 0.526 bits per heavy atom. The smallest absolute Gasteiger partial charge is 0.0119 e. The minimum absolute atomic E-state index is 0. The van der Waals surface area contributed by atoms with E-state index >= 15 is 0 Å². The second-order valence-corrected chi connectivity index (χ2v) is 8.55. The highest BCUT2D eigenvalue weighted by molar-refractivity contribution is 5.86. The minimum Gasteiger partial charge on any atom is -0.330 e. The number of rotatable bonds is 17. The fourth-order valence-corrected chi connectivity index (χ4v) is 4.14. The van der Waals surface area contributed by atoms with Gasteiger partial charge in [-0.25, -0.2) is 0 Å². The molecule has 0 radical (unpaired) electrons. The largest absolute Gasteiger partial charge is 0.330 e. The predicted octanol–water partition coefficient (Wildman–Crippen LogP) is 4.28. The number of benzene rings is 2. The highest BCUT2D eigenvalue weighted by Gasteiger charge is 2.13. The first-order valence-electron chi connectivity index (χ1n) is 12.2. The van der Waals surface area contributed by atoms with E-state index in [1.807, 2.05) is 0 Å². The molecule has 2 aromatic rings. The summed E-state index contributed by atoms with van der Waals surface area (Å²) in [5, 5.41) is 7.29. The Balaban J connectivity index is -0.000000605. The zero-order valence-electron chi connectivity index (χ0n) is 22.0. The standard InChI is InChI=1S/C26H44N6.6ClH/c27-10-4-14-31-25(8-12-29)19-21-16-22(20-26(9-13-30)32-15-5-11-28)18-24(17-21)23-6-2-1-3-7-23;;;;;;/h1-3,6-7,16-18,25-26,31-32H,4-5,8-15,19-20,27-30H2;6*1H. The van der Waals surface area contributed by atoms with Crippen molar-refractivity contribution in [1.29, 1.82) is 0 Å². The number of hydrogen-bond donors (Lipinski definition) is 6. The Kier molecular flexibility index (Phi) is 37.6. The van der Waals surface area contributed by atoms with Gasteiger partial charge < -0.3 is 33.6 Å². The Hall–Kier alpha value is -0.0600. The van der Waals surface area contributed by atoms with Crippen LogP contribution in [0.5, 0.6) is 0 Å². The molecule has 2 unspecified atom stereocenters. The molecule has 2 rings (SSSR count). The molecule has 226 valence electrons. The molecule has 0 fully saturated rings. The fourth-order valence-electron chi connectivity index (χ4n) is 4.14. The summed E-state index contributed by atoms with van der Waals surface area (Å²) in [6.07, 6.45) is 5.77. The molecular weight excluding hydrogens is 609 g/mol. The zero-order valence-corrected chi connectivity index (χ0v) is 26.9. The van der Waals surface area contributed by atoms with Gasteiger partial charge in [0.15, 0.2) is 0 Å². The van der Waals surface area contributed by atoms with Crippen molar-refractivity contribution in [3.8, 4) is 11.1 Å². The van der Waals surface area contributed by atoms with E-state index < -0.39 is 0 Å². The first-order chi connectivity index (χ1) is 15.7. The van der Waals surface area contributed by atoms with Crippen molar-refractivity contribution in [3.05, 3.63) is 59.7 Å². The van der Waals surface area contributed by atoms with Crippen LogP contribution in [-0.2, 0) is 12.8 Å². The lowest BCUT2D eigenvalue weighted by Gasteiger charge is -2.21. The number of nitrogens with one attached hydrogen (secondary N) is 2. The summed E-state index contributed by atoms with van der Waals surface area (Å²) in [5.41, 5.74) is 28.3. The molecule has 0 aliphatic heterocycles. The molecule has 0 bridgehead atoms. The predicted molar refractivity (Wildman–Crippen MR) is 181 cm³/mol. The first kappa shape index (κ1) is 47.7. The summed E-state index contributed by atoms with van der Waals surface area (Å²) in [7, 11) is 0. The number of halogens is 6. The average Bonchev–Trinajstić information content (AvgIpc) is 2.80. The SMILES string of the molecule is Cl.Cl.Cl.Cl.Cl.Cl.NCCCNC(CCN)Cc1cc(CC(CCN)NCCCN)cc(-c2ccccc2)c1. The summed E-state index contributed by atoms with van der Waals surface area (Å²) < 4.78 is 0. The van der Waals surface area contributed by atoms with Gasteiger partial charge in [-0.15, -0.1) is 74.4 Å². The highest BCUT2D eigenvalue weighted by atomic mass is 35.5. The molecule has 0 saturated carbocycles. The second kappa shape index (κ2) is 29.9. The van der Waals surface area contributed by atoms with Crippen molar-refractivity contribution in [2.45, 2.75) is 50.6 Å². The second-order valence-electron chi connectivity index (χ2n) is 8.55. The van der Waals surface area contributed by atoms with Crippen LogP contribution in [0.25, 0.3) is 11.1 Å². The lowest BCUT2D eigenvalue weighted by Crippen LogP contribution is -2.35. The van der Waals surface area contributed by atoms with Crippen molar-refractivity contribution in [2.75, 3.05) is 39.3 Å². The van der Waals surface area contributed by atoms with Gasteiger partial charge >= 0.3 is 0 Å². The molecule has 0 aliphatic carbocycles. The Labute approximate surface area is 267 Å². The van der Waals surface area contributed by atoms with Gasteiger partial charge in [0.25, 0.3) is 0 Å². The van der Waals surface area contributed by atoms with Crippen LogP contribution in [0.2, 0.25) is 0 Å². The Morgan fingerprint density at radius 2 is 0.947 bits per heavy atom. The van der Waals surface area contributed by atoms with E-state index in [1.165, 1.54) is 22.3 Å². The molecular formula is C26H50Cl6N6. The molecule has 2 atom stereocenters. The van der Waals surface area contributed by atoms with Crippen molar-refractivity contribution in [1.82, 2.24) is 10.6 Å². The van der Waals surface area contributed by atoms with E-state index in [0.29, 0.717) is 38.3 Å². The average molecular weight is 659 g/mol. The van der Waals surface area contributed by atoms with Gasteiger partial charge in [0, 0.05) is 12.1 Å². The van der Waals surface area contributed by atoms with E-state index in [2.05, 4.69) is 59.2 Å². The van der Waals surface area contributed by atoms with Crippen molar-refractivity contribution in [2.24, 2.45) is 22.9 Å². The maximum atomic E-state index is 5.90. The molecule has 0 amide bonds. The lowest BCUT2D eigenvalue weighted by molar-refractivity contribution is 0.475. The third kappa shape index (κ3) is 19.1. The van der Waals surface area contributed by atoms with Gasteiger partial charge in [0.05, 0.1) is 0 Å². The van der Waals surface area contributed by atoms with Gasteiger partial charge in [-0.05, 0) is 100 Å². The Morgan fingerprint density at radius 3 is 1.32 bits per heavy atom. The molecule has 0 aromatic heterocycles. The maximum absolute atomic E-state index is 5.90. The molecule has 2 aromatic carbocycles. The number of hydrogen-bond acceptors (Lipinski definition) is 6. The van der Waals surface area contributed by atoms with Crippen LogP contribution >= 0.6 is 74.4 Å². The molecule has 0 heterocycles. The summed E-state index contributed by atoms with van der Waals surface area (Å²) in [4.78, 5) is 0. The molecule has 6 nitrogen and oxygen atoms in total. The van der Waals surface area contributed by atoms with Crippen molar-refractivity contribution >= 4 is 74.4 Å². The van der Waals surface area contributed by atoms with Crippen molar-refractivity contribution < 1.29 is 0 Å². The van der Waals surface area contributed by atoms with Crippen LogP contribution in [-0.4, -0.2) is 51.4 Å². The molecule has 0 aliphatic rings. The van der Waals surface area contributed by atoms with E-state index in [1.54, 1.807) is 0 Å². The van der Waals surface area contributed by atoms with E-state index in [0.717, 1.165) is 51.6 Å². The first-order valence-corrected chi connectivity index (χ1v) is 12.2. The van der Waals surface area contributed by atoms with E-state index in [-0.39, 0.29) is 74.4 Å². The summed E-state index contributed by atoms with van der Waals surface area (Å²) in [6.45, 7) is 4.61. The Bertz CT molecular complexity index is 720. The zero-order chi connectivity index (χ0) is 23.0. The normalized spacial score (nSPS) is 11.2. The van der Waals surface area contributed by atoms with Gasteiger partial charge in [-0.2, -0.15) is 0 Å². The topological polar surface area (TPSA) is 128 Å². The van der Waals surface area contributed by atoms with Gasteiger partial charge in [0.1, 0.15) is 0 Å². The molecule has 12 heteroatoms. The maximum Gasteiger partial charge on any atom is 0.0119 e. The monoisotopic (exact) mass is 656 g/mol. The number of nitrogens with two attached hydrogens (primary N) is 4. The third-order valence-electron chi connectivity index (χ3n) is 5.78. The van der Waals surface area contributed by atoms with Crippen LogP contribution in [0, 0.1) is 0 Å². The highest BCUT2D eigenvalue weighted by Crippen LogP contribution is 2.24. The van der Waals surface area contributed by atoms with E-state index in [4.69, 9.17) is 22.9 Å². The van der Waals surface area contributed by atoms with Crippen molar-refractivity contribution in [3.63, 3.8) is 0 Å². The van der Waals surface area contributed by atoms with Crippen LogP contribution < -0.4 is 33.6 Å². The van der Waals surface area contributed by atoms with Crippen LogP contribution in [0.4, 0.5) is 0 Å². The fraction of sp³-hybridized carbons (Fsp3) is 0.538. The molecule has 0 saturated heterocycles. The quantitative estimate of drug-likeness (QED) is 0.141. The molecule has 0 spiro atoms. The summed E-state index contributed by atoms with van der Waals surface area (Å²) in [6, 6.07) is 18.3. The molecule has 38 heavy (non-hydrogen) atoms. The lowest BCUT2D eigenvalue weighted by atomic mass is 9.92.